The number of aryl methyl sites for hydroxylation is 1. The van der Waals surface area contributed by atoms with E-state index >= 15 is 0 Å². The summed E-state index contributed by atoms with van der Waals surface area (Å²) in [5.74, 6) is 0.447. The van der Waals surface area contributed by atoms with E-state index in [2.05, 4.69) is 62.9 Å². The molecule has 0 unspecified atom stereocenters. The fourth-order valence-electron chi connectivity index (χ4n) is 3.31. The number of fused-ring (bicyclic) bond motifs is 1. The van der Waals surface area contributed by atoms with Gasteiger partial charge in [-0.05, 0) is 41.2 Å². The number of benzene rings is 1. The lowest BCUT2D eigenvalue weighted by molar-refractivity contribution is 0.684. The van der Waals surface area contributed by atoms with E-state index in [1.54, 1.807) is 0 Å². The van der Waals surface area contributed by atoms with Crippen molar-refractivity contribution < 1.29 is 0 Å². The molecular formula is C20H23N7. The predicted octanol–water partition coefficient (Wildman–Crippen LogP) is 3.11. The predicted molar refractivity (Wildman–Crippen MR) is 105 cm³/mol. The highest BCUT2D eigenvalue weighted by molar-refractivity contribution is 5.76. The number of H-pyrrole nitrogens is 1. The normalized spacial score (nSPS) is 11.3. The molecule has 7 nitrogen and oxygen atoms in total. The molecule has 0 aliphatic rings. The van der Waals surface area contributed by atoms with Crippen molar-refractivity contribution in [2.45, 2.75) is 39.2 Å². The maximum Gasteiger partial charge on any atom is 0.203 e. The van der Waals surface area contributed by atoms with Crippen LogP contribution in [0.4, 0.5) is 5.82 Å². The summed E-state index contributed by atoms with van der Waals surface area (Å²) >= 11 is 0. The van der Waals surface area contributed by atoms with Gasteiger partial charge in [0.1, 0.15) is 11.3 Å². The number of aromatic amines is 1. The Morgan fingerprint density at radius 1 is 1.11 bits per heavy atom. The first-order chi connectivity index (χ1) is 13.2. The van der Waals surface area contributed by atoms with Crippen LogP contribution in [-0.2, 0) is 19.4 Å². The van der Waals surface area contributed by atoms with E-state index < -0.39 is 0 Å². The number of nitrogen functional groups attached to an aromatic ring is 1. The van der Waals surface area contributed by atoms with Gasteiger partial charge >= 0.3 is 0 Å². The van der Waals surface area contributed by atoms with Gasteiger partial charge in [0, 0.05) is 12.6 Å². The number of hydrogen-bond donors (Lipinski definition) is 2. The summed E-state index contributed by atoms with van der Waals surface area (Å²) in [7, 11) is 0. The Morgan fingerprint density at radius 3 is 2.89 bits per heavy atom. The molecule has 0 fully saturated rings. The lowest BCUT2D eigenvalue weighted by atomic mass is 10.1. The Morgan fingerprint density at radius 2 is 2.00 bits per heavy atom. The van der Waals surface area contributed by atoms with Crippen molar-refractivity contribution in [2.24, 2.45) is 0 Å². The Hall–Kier alpha value is -3.22. The lowest BCUT2D eigenvalue weighted by Crippen LogP contribution is -2.00. The SMILES string of the molecule is CCCCc1cccc(Cn2cc(Cc3cc(N)nc4n[nH]nc34)cn2)c1. The smallest absolute Gasteiger partial charge is 0.203 e. The van der Waals surface area contributed by atoms with E-state index in [4.69, 9.17) is 5.73 Å². The first-order valence-corrected chi connectivity index (χ1v) is 9.26. The van der Waals surface area contributed by atoms with Gasteiger partial charge in [-0.3, -0.25) is 4.68 Å². The highest BCUT2D eigenvalue weighted by atomic mass is 15.3. The third-order valence-corrected chi connectivity index (χ3v) is 4.63. The van der Waals surface area contributed by atoms with Gasteiger partial charge in [-0.25, -0.2) is 4.98 Å². The molecule has 3 heterocycles. The van der Waals surface area contributed by atoms with E-state index in [-0.39, 0.29) is 0 Å². The molecule has 0 aliphatic carbocycles. The molecule has 3 aromatic heterocycles. The molecule has 0 aliphatic heterocycles. The minimum Gasteiger partial charge on any atom is -0.384 e. The molecule has 4 aromatic rings. The van der Waals surface area contributed by atoms with Gasteiger partial charge < -0.3 is 5.73 Å². The van der Waals surface area contributed by atoms with E-state index in [0.717, 1.165) is 29.6 Å². The third-order valence-electron chi connectivity index (χ3n) is 4.63. The van der Waals surface area contributed by atoms with Crippen LogP contribution < -0.4 is 5.73 Å². The van der Waals surface area contributed by atoms with E-state index in [9.17, 15) is 0 Å². The van der Waals surface area contributed by atoms with Crippen LogP contribution in [0.5, 0.6) is 0 Å². The van der Waals surface area contributed by atoms with E-state index in [1.807, 2.05) is 16.9 Å². The molecule has 1 aromatic carbocycles. The van der Waals surface area contributed by atoms with Crippen LogP contribution in [0.1, 0.15) is 42.0 Å². The summed E-state index contributed by atoms with van der Waals surface area (Å²) in [6.45, 7) is 2.98. The molecule has 3 N–H and O–H groups in total. The second-order valence-corrected chi connectivity index (χ2v) is 6.85. The molecule has 0 bridgehead atoms. The summed E-state index contributed by atoms with van der Waals surface area (Å²) < 4.78 is 1.97. The van der Waals surface area contributed by atoms with Crippen LogP contribution in [0.3, 0.4) is 0 Å². The number of anilines is 1. The van der Waals surface area contributed by atoms with Crippen molar-refractivity contribution in [2.75, 3.05) is 5.73 Å². The first kappa shape index (κ1) is 17.2. The van der Waals surface area contributed by atoms with Gasteiger partial charge in [0.25, 0.3) is 0 Å². The number of unbranched alkanes of at least 4 members (excludes halogenated alkanes) is 1. The number of rotatable bonds is 7. The Balaban J connectivity index is 1.49. The summed E-state index contributed by atoms with van der Waals surface area (Å²) in [5.41, 5.74) is 11.9. The molecule has 0 amide bonds. The molecular weight excluding hydrogens is 338 g/mol. The van der Waals surface area contributed by atoms with Crippen LogP contribution in [0.15, 0.2) is 42.7 Å². The minimum absolute atomic E-state index is 0.447. The number of nitrogens with one attached hydrogen (secondary N) is 1. The monoisotopic (exact) mass is 361 g/mol. The van der Waals surface area contributed by atoms with E-state index in [0.29, 0.717) is 17.9 Å². The van der Waals surface area contributed by atoms with Crippen LogP contribution in [0.2, 0.25) is 0 Å². The second kappa shape index (κ2) is 7.57. The fraction of sp³-hybridized carbons (Fsp3) is 0.300. The number of aromatic nitrogens is 6. The Kier molecular flexibility index (Phi) is 4.82. The number of nitrogens with two attached hydrogens (primary N) is 1. The summed E-state index contributed by atoms with van der Waals surface area (Å²) in [6, 6.07) is 10.6. The average molecular weight is 361 g/mol. The third kappa shape index (κ3) is 3.97. The highest BCUT2D eigenvalue weighted by Crippen LogP contribution is 2.19. The largest absolute Gasteiger partial charge is 0.384 e. The molecule has 0 spiro atoms. The van der Waals surface area contributed by atoms with Crippen LogP contribution in [0.25, 0.3) is 11.2 Å². The quantitative estimate of drug-likeness (QED) is 0.527. The van der Waals surface area contributed by atoms with Crippen molar-refractivity contribution in [3.63, 3.8) is 0 Å². The topological polar surface area (TPSA) is 98.3 Å². The standard InChI is InChI=1S/C20H23N7/c1-2-3-5-14-6-4-7-15(8-14)12-27-13-16(11-22-27)9-17-10-18(21)23-20-19(17)24-26-25-20/h4,6-8,10-11,13H,2-3,5,9,12H2,1H3,(H3,21,23,24,25,26). The molecule has 7 heteroatoms. The zero-order valence-corrected chi connectivity index (χ0v) is 15.4. The van der Waals surface area contributed by atoms with Crippen LogP contribution in [0, 0.1) is 0 Å². The number of pyridine rings is 1. The molecule has 138 valence electrons. The van der Waals surface area contributed by atoms with Crippen molar-refractivity contribution in [3.8, 4) is 0 Å². The van der Waals surface area contributed by atoms with Gasteiger partial charge in [0.05, 0.1) is 12.7 Å². The van der Waals surface area contributed by atoms with Crippen LogP contribution in [-0.4, -0.2) is 30.2 Å². The highest BCUT2D eigenvalue weighted by Gasteiger charge is 2.10. The molecule has 0 saturated carbocycles. The molecule has 0 atom stereocenters. The molecule has 0 saturated heterocycles. The summed E-state index contributed by atoms with van der Waals surface area (Å²) in [5, 5.41) is 15.3. The zero-order chi connectivity index (χ0) is 18.6. The average Bonchev–Trinajstić information content (AvgIpc) is 3.29. The minimum atomic E-state index is 0.447. The molecule has 0 radical (unpaired) electrons. The first-order valence-electron chi connectivity index (χ1n) is 9.26. The molecule has 27 heavy (non-hydrogen) atoms. The van der Waals surface area contributed by atoms with Gasteiger partial charge in [-0.15, -0.1) is 5.10 Å². The lowest BCUT2D eigenvalue weighted by Gasteiger charge is -2.05. The van der Waals surface area contributed by atoms with Gasteiger partial charge in [-0.2, -0.15) is 15.4 Å². The zero-order valence-electron chi connectivity index (χ0n) is 15.4. The van der Waals surface area contributed by atoms with Crippen molar-refractivity contribution in [3.05, 3.63) is 65.0 Å². The van der Waals surface area contributed by atoms with Crippen molar-refractivity contribution in [1.82, 2.24) is 30.2 Å². The summed E-state index contributed by atoms with van der Waals surface area (Å²) in [4.78, 5) is 4.18. The fourth-order valence-corrected chi connectivity index (χ4v) is 3.31. The van der Waals surface area contributed by atoms with E-state index in [1.165, 1.54) is 24.0 Å². The maximum atomic E-state index is 5.88. The molecule has 4 rings (SSSR count). The number of nitrogens with zero attached hydrogens (tertiary/aromatic N) is 5. The summed E-state index contributed by atoms with van der Waals surface area (Å²) in [6.07, 6.45) is 8.22. The Bertz CT molecular complexity index is 1050. The van der Waals surface area contributed by atoms with Crippen molar-refractivity contribution in [1.29, 1.82) is 0 Å². The van der Waals surface area contributed by atoms with Crippen molar-refractivity contribution >= 4 is 17.0 Å². The number of hydrogen-bond acceptors (Lipinski definition) is 5. The van der Waals surface area contributed by atoms with Gasteiger partial charge in [0.2, 0.25) is 5.65 Å². The maximum absolute atomic E-state index is 5.88. The second-order valence-electron chi connectivity index (χ2n) is 6.85. The van der Waals surface area contributed by atoms with Crippen LogP contribution >= 0.6 is 0 Å². The Labute approximate surface area is 157 Å². The van der Waals surface area contributed by atoms with Gasteiger partial charge in [-0.1, -0.05) is 37.6 Å². The van der Waals surface area contributed by atoms with Gasteiger partial charge in [0.15, 0.2) is 0 Å².